The molecule has 0 unspecified atom stereocenters. The van der Waals surface area contributed by atoms with Gasteiger partial charge in [-0.05, 0) is 0 Å². The molecule has 0 fully saturated rings. The summed E-state index contributed by atoms with van der Waals surface area (Å²) in [5.41, 5.74) is -8.06. The van der Waals surface area contributed by atoms with Gasteiger partial charge in [-0.2, -0.15) is 0 Å². The van der Waals surface area contributed by atoms with Crippen LogP contribution in [0, 0.1) is 0 Å². The minimum Gasteiger partial charge on any atom is -0.534 e. The molecule has 0 aromatic rings. The molecule has 0 atom stereocenters. The molecule has 0 aliphatic rings. The van der Waals surface area contributed by atoms with E-state index in [1.165, 1.54) is 0 Å². The van der Waals surface area contributed by atoms with Gasteiger partial charge >= 0.3 is 148 Å². The summed E-state index contributed by atoms with van der Waals surface area (Å²) in [6.07, 6.45) is 0. The van der Waals surface area contributed by atoms with Crippen molar-refractivity contribution in [1.82, 2.24) is 0 Å². The normalized spacial score (nSPS) is 5.00. The predicted octanol–water partition coefficient (Wildman–Crippen LogP) is -17.1. The molecule has 0 aromatic heterocycles. The van der Waals surface area contributed by atoms with Gasteiger partial charge in [0.2, 0.25) is 0 Å². The van der Waals surface area contributed by atoms with Crippen LogP contribution in [0.15, 0.2) is 0 Å². The summed E-state index contributed by atoms with van der Waals surface area (Å²) < 4.78 is 0. The Bertz CT molecular complexity index is 233. The van der Waals surface area contributed by atoms with Crippen molar-refractivity contribution in [2.24, 2.45) is 0 Å². The van der Waals surface area contributed by atoms with Gasteiger partial charge in [-0.25, -0.2) is 0 Å². The van der Waals surface area contributed by atoms with Gasteiger partial charge < -0.3 is 49.5 Å². The Morgan fingerprint density at radius 2 is 0.360 bits per heavy atom. The second kappa shape index (κ2) is 56.5. The van der Waals surface area contributed by atoms with Crippen molar-refractivity contribution in [2.75, 3.05) is 0 Å². The van der Waals surface area contributed by atoms with E-state index in [1.807, 2.05) is 0 Å². The number of hydrogen-bond acceptors (Lipinski definition) is 10. The summed E-state index contributed by atoms with van der Waals surface area (Å²) in [6, 6.07) is 0. The average molecular weight is 512 g/mol. The fourth-order valence-electron chi connectivity index (χ4n) is 0. The number of hydrogen-bond donors (Lipinski definition) is 0. The Morgan fingerprint density at radius 3 is 0.360 bits per heavy atom. The van der Waals surface area contributed by atoms with Crippen LogP contribution < -0.4 is 173 Å². The van der Waals surface area contributed by atoms with Crippen molar-refractivity contribution in [1.29, 1.82) is 0 Å². The zero-order valence-electron chi connectivity index (χ0n) is 13.5. The van der Waals surface area contributed by atoms with Crippen molar-refractivity contribution in [3.8, 4) is 0 Å². The Hall–Kier alpha value is 3.80. The van der Waals surface area contributed by atoms with Crippen LogP contribution in [0.3, 0.4) is 0 Å². The molecule has 120 valence electrons. The van der Waals surface area contributed by atoms with Crippen LogP contribution in [0.2, 0.25) is 0 Å². The fraction of sp³-hybridized carbons (Fsp3) is 0. The maximum atomic E-state index is 8.65. The maximum Gasteiger partial charge on any atom is 1.00 e. The molecular weight excluding hydrogens is 512 g/mol. The van der Waals surface area contributed by atoms with Gasteiger partial charge in [0.05, 0.1) is 0 Å². The van der Waals surface area contributed by atoms with E-state index in [0.717, 1.165) is 0 Å². The molecule has 0 rings (SSSR count). The van der Waals surface area contributed by atoms with Gasteiger partial charge in [0.15, 0.2) is 0 Å². The first-order valence-corrected chi connectivity index (χ1v) is 4.88. The Kier molecular flexibility index (Phi) is 142. The summed E-state index contributed by atoms with van der Waals surface area (Å²) in [4.78, 5) is 43.3. The Labute approximate surface area is 277 Å². The van der Waals surface area contributed by atoms with Gasteiger partial charge in [-0.15, -0.1) is 0 Å². The summed E-state index contributed by atoms with van der Waals surface area (Å²) in [7, 11) is 0. The first-order valence-electron chi connectivity index (χ1n) is 2.99. The van der Waals surface area contributed by atoms with E-state index in [0.29, 0.717) is 0 Å². The van der Waals surface area contributed by atoms with Gasteiger partial charge in [0.1, 0.15) is 27.1 Å². The third-order valence-corrected chi connectivity index (χ3v) is 0. The molecule has 0 amide bonds. The van der Waals surface area contributed by atoms with Gasteiger partial charge in [0.25, 0.3) is 0 Å². The predicted molar refractivity (Wildman–Crippen MR) is 56.2 cm³/mol. The quantitative estimate of drug-likeness (QED) is 0.222. The number of carboxylic acid groups (broad SMARTS) is 5. The van der Waals surface area contributed by atoms with Crippen molar-refractivity contribution in [3.63, 3.8) is 0 Å². The summed E-state index contributed by atoms with van der Waals surface area (Å²) in [6.45, 7) is 0. The third-order valence-electron chi connectivity index (χ3n) is 0. The maximum absolute atomic E-state index is 8.65. The van der Waals surface area contributed by atoms with Crippen LogP contribution in [0.25, 0.3) is 0 Å². The van der Waals surface area contributed by atoms with Crippen molar-refractivity contribution >= 4 is 85.1 Å². The number of halogens is 5. The summed E-state index contributed by atoms with van der Waals surface area (Å²) in [5.74, 6) is 0. The van der Waals surface area contributed by atoms with E-state index < -0.39 is 27.1 Å². The standard InChI is InChI=1S/5CHClO2.5Na/c5*2-1(3)4;;;;;/h5*(H,3,4);;;;;/q;;;;;5*+1/p-5. The van der Waals surface area contributed by atoms with Crippen LogP contribution in [-0.4, -0.2) is 27.1 Å². The molecule has 0 bridgehead atoms. The second-order valence-electron chi connectivity index (χ2n) is 1.19. The molecule has 0 saturated heterocycles. The molecule has 0 saturated carbocycles. The fourth-order valence-corrected chi connectivity index (χ4v) is 0. The SMILES string of the molecule is O=C([O-])Cl.O=C([O-])Cl.O=C([O-])Cl.O=C([O-])Cl.O=C([O-])Cl.[Na+].[Na+].[Na+].[Na+].[Na+]. The topological polar surface area (TPSA) is 201 Å². The average Bonchev–Trinajstić information content (AvgIpc) is 1.94. The second-order valence-corrected chi connectivity index (χ2v) is 2.73. The van der Waals surface area contributed by atoms with Crippen LogP contribution in [0.5, 0.6) is 0 Å². The van der Waals surface area contributed by atoms with E-state index in [1.54, 1.807) is 0 Å². The number of carbonyl (C=O) groups excluding carboxylic acids is 5. The molecule has 0 aliphatic heterocycles. The molecule has 0 heterocycles. The monoisotopic (exact) mass is 510 g/mol. The molecule has 0 radical (unpaired) electrons. The minimum absolute atomic E-state index is 0. The largest absolute Gasteiger partial charge is 1.00 e. The molecular formula is C5Cl5Na5O10. The smallest absolute Gasteiger partial charge is 0.534 e. The van der Waals surface area contributed by atoms with Crippen LogP contribution in [-0.2, 0) is 0 Å². The van der Waals surface area contributed by atoms with E-state index in [-0.39, 0.29) is 148 Å². The number of carbonyl (C=O) groups is 5. The molecule has 20 heteroatoms. The first kappa shape index (κ1) is 63.0. The third kappa shape index (κ3) is 1280. The minimum atomic E-state index is -1.61. The number of rotatable bonds is 0. The van der Waals surface area contributed by atoms with Gasteiger partial charge in [-0.1, -0.05) is 58.0 Å². The molecule has 0 spiro atoms. The molecule has 0 aromatic carbocycles. The zero-order chi connectivity index (χ0) is 17.9. The van der Waals surface area contributed by atoms with Crippen molar-refractivity contribution < 1.29 is 197 Å². The molecule has 0 aliphatic carbocycles. The molecule has 0 N–H and O–H groups in total. The summed E-state index contributed by atoms with van der Waals surface area (Å²) in [5, 5.41) is 43.3. The van der Waals surface area contributed by atoms with E-state index >= 15 is 0 Å². The van der Waals surface area contributed by atoms with E-state index in [9.17, 15) is 0 Å². The van der Waals surface area contributed by atoms with Crippen molar-refractivity contribution in [2.45, 2.75) is 0 Å². The van der Waals surface area contributed by atoms with Gasteiger partial charge in [0, 0.05) is 0 Å². The molecule has 25 heavy (non-hydrogen) atoms. The summed E-state index contributed by atoms with van der Waals surface area (Å²) >= 11 is 20.4. The van der Waals surface area contributed by atoms with Crippen LogP contribution in [0.1, 0.15) is 0 Å². The van der Waals surface area contributed by atoms with E-state index in [4.69, 9.17) is 49.5 Å². The van der Waals surface area contributed by atoms with Crippen LogP contribution in [0.4, 0.5) is 24.0 Å². The molecule has 10 nitrogen and oxygen atoms in total. The van der Waals surface area contributed by atoms with E-state index in [2.05, 4.69) is 58.0 Å². The Morgan fingerprint density at radius 1 is 0.360 bits per heavy atom. The van der Waals surface area contributed by atoms with Crippen molar-refractivity contribution in [3.05, 3.63) is 0 Å². The Balaban J connectivity index is -0.0000000134. The zero-order valence-corrected chi connectivity index (χ0v) is 27.3. The van der Waals surface area contributed by atoms with Gasteiger partial charge in [-0.3, -0.25) is 0 Å². The first-order chi connectivity index (χ1) is 8.66. The van der Waals surface area contributed by atoms with Crippen LogP contribution >= 0.6 is 58.0 Å².